The van der Waals surface area contributed by atoms with Gasteiger partial charge in [-0.3, -0.25) is 0 Å². The number of piperidine rings is 1. The number of rotatable bonds is 3. The van der Waals surface area contributed by atoms with Gasteiger partial charge in [-0.05, 0) is 49.9 Å². The Morgan fingerprint density at radius 2 is 2.28 bits per heavy atom. The largest absolute Gasteiger partial charge is 0.504 e. The van der Waals surface area contributed by atoms with Crippen molar-refractivity contribution in [3.63, 3.8) is 0 Å². The highest BCUT2D eigenvalue weighted by atomic mass is 35.5. The molecular formula is C14H20ClNO2. The number of hydrogen-bond donors (Lipinski definition) is 2. The number of phenols is 1. The molecule has 0 aromatic heterocycles. The highest BCUT2D eigenvalue weighted by molar-refractivity contribution is 6.33. The van der Waals surface area contributed by atoms with Gasteiger partial charge in [-0.1, -0.05) is 18.0 Å². The number of methoxy groups -OCH3 is 1. The van der Waals surface area contributed by atoms with Crippen molar-refractivity contribution >= 4 is 11.6 Å². The van der Waals surface area contributed by atoms with E-state index in [9.17, 15) is 5.11 Å². The molecule has 1 atom stereocenters. The van der Waals surface area contributed by atoms with E-state index >= 15 is 0 Å². The van der Waals surface area contributed by atoms with E-state index in [-0.39, 0.29) is 5.75 Å². The second-order valence-corrected chi connectivity index (χ2v) is 5.27. The SMILES string of the molecule is COc1c(O)cc(C)c(CC2CCCCN2)c1Cl. The van der Waals surface area contributed by atoms with Gasteiger partial charge in [0.25, 0.3) is 0 Å². The molecular weight excluding hydrogens is 250 g/mol. The molecule has 1 aliphatic rings. The predicted octanol–water partition coefficient (Wildman–Crippen LogP) is 3.05. The summed E-state index contributed by atoms with van der Waals surface area (Å²) in [5, 5.41) is 13.8. The van der Waals surface area contributed by atoms with Crippen LogP contribution in [0, 0.1) is 6.92 Å². The molecule has 4 heteroatoms. The van der Waals surface area contributed by atoms with E-state index in [1.807, 2.05) is 6.92 Å². The molecule has 0 saturated carbocycles. The van der Waals surface area contributed by atoms with Gasteiger partial charge in [0.05, 0.1) is 12.1 Å². The average Bonchev–Trinajstić information content (AvgIpc) is 2.36. The van der Waals surface area contributed by atoms with Crippen LogP contribution in [-0.4, -0.2) is 24.8 Å². The Hall–Kier alpha value is -0.930. The average molecular weight is 270 g/mol. The number of aromatic hydroxyl groups is 1. The smallest absolute Gasteiger partial charge is 0.179 e. The van der Waals surface area contributed by atoms with Gasteiger partial charge in [-0.25, -0.2) is 0 Å². The van der Waals surface area contributed by atoms with E-state index in [2.05, 4.69) is 5.32 Å². The molecule has 1 aliphatic heterocycles. The van der Waals surface area contributed by atoms with Gasteiger partial charge in [0, 0.05) is 6.04 Å². The van der Waals surface area contributed by atoms with E-state index in [0.29, 0.717) is 16.8 Å². The second-order valence-electron chi connectivity index (χ2n) is 4.89. The van der Waals surface area contributed by atoms with Crippen LogP contribution in [0.3, 0.4) is 0 Å². The molecule has 1 heterocycles. The molecule has 2 N–H and O–H groups in total. The minimum Gasteiger partial charge on any atom is -0.504 e. The fourth-order valence-corrected chi connectivity index (χ4v) is 2.97. The first-order valence-corrected chi connectivity index (χ1v) is 6.79. The van der Waals surface area contributed by atoms with Gasteiger partial charge in [-0.15, -0.1) is 0 Å². The Morgan fingerprint density at radius 1 is 1.50 bits per heavy atom. The van der Waals surface area contributed by atoms with Crippen LogP contribution in [0.1, 0.15) is 30.4 Å². The zero-order valence-electron chi connectivity index (χ0n) is 10.9. The lowest BCUT2D eigenvalue weighted by Crippen LogP contribution is -2.35. The van der Waals surface area contributed by atoms with Crippen molar-refractivity contribution in [1.82, 2.24) is 5.32 Å². The van der Waals surface area contributed by atoms with E-state index in [1.54, 1.807) is 6.07 Å². The molecule has 18 heavy (non-hydrogen) atoms. The first-order valence-electron chi connectivity index (χ1n) is 6.41. The predicted molar refractivity (Wildman–Crippen MR) is 73.8 cm³/mol. The molecule has 2 rings (SSSR count). The first-order chi connectivity index (χ1) is 8.63. The summed E-state index contributed by atoms with van der Waals surface area (Å²) in [6.07, 6.45) is 4.59. The van der Waals surface area contributed by atoms with Crippen LogP contribution in [-0.2, 0) is 6.42 Å². The van der Waals surface area contributed by atoms with Crippen molar-refractivity contribution in [2.24, 2.45) is 0 Å². The van der Waals surface area contributed by atoms with Crippen molar-refractivity contribution in [3.05, 3.63) is 22.2 Å². The maximum absolute atomic E-state index is 9.78. The summed E-state index contributed by atoms with van der Waals surface area (Å²) in [5.41, 5.74) is 2.09. The lowest BCUT2D eigenvalue weighted by Gasteiger charge is -2.25. The van der Waals surface area contributed by atoms with Crippen molar-refractivity contribution < 1.29 is 9.84 Å². The van der Waals surface area contributed by atoms with Gasteiger partial charge < -0.3 is 15.2 Å². The molecule has 0 radical (unpaired) electrons. The highest BCUT2D eigenvalue weighted by Gasteiger charge is 2.20. The van der Waals surface area contributed by atoms with E-state index in [0.717, 1.165) is 24.1 Å². The Bertz CT molecular complexity index is 428. The second kappa shape index (κ2) is 5.81. The van der Waals surface area contributed by atoms with E-state index in [1.165, 1.54) is 26.4 Å². The maximum Gasteiger partial charge on any atom is 0.179 e. The standard InChI is InChI=1S/C14H20ClNO2/c1-9-7-12(17)14(18-2)13(15)11(9)8-10-5-3-4-6-16-10/h7,10,16-17H,3-6,8H2,1-2H3. The van der Waals surface area contributed by atoms with Crippen LogP contribution >= 0.6 is 11.6 Å². The zero-order valence-corrected chi connectivity index (χ0v) is 11.7. The van der Waals surface area contributed by atoms with Crippen molar-refractivity contribution in [2.75, 3.05) is 13.7 Å². The number of ether oxygens (including phenoxy) is 1. The molecule has 0 amide bonds. The van der Waals surface area contributed by atoms with Gasteiger partial charge in [0.1, 0.15) is 0 Å². The summed E-state index contributed by atoms with van der Waals surface area (Å²) >= 11 is 6.33. The number of hydrogen-bond acceptors (Lipinski definition) is 3. The van der Waals surface area contributed by atoms with E-state index < -0.39 is 0 Å². The zero-order chi connectivity index (χ0) is 13.1. The summed E-state index contributed by atoms with van der Waals surface area (Å²) in [7, 11) is 1.53. The fourth-order valence-electron chi connectivity index (χ4n) is 2.57. The molecule has 1 fully saturated rings. The van der Waals surface area contributed by atoms with Gasteiger partial charge >= 0.3 is 0 Å². The van der Waals surface area contributed by atoms with Gasteiger partial charge in [0.2, 0.25) is 0 Å². The number of phenolic OH excluding ortho intramolecular Hbond substituents is 1. The van der Waals surface area contributed by atoms with Gasteiger partial charge in [-0.2, -0.15) is 0 Å². The lowest BCUT2D eigenvalue weighted by molar-refractivity contribution is 0.370. The Morgan fingerprint density at radius 3 is 2.89 bits per heavy atom. The van der Waals surface area contributed by atoms with E-state index in [4.69, 9.17) is 16.3 Å². The number of halogens is 1. The van der Waals surface area contributed by atoms with Crippen LogP contribution in [0.5, 0.6) is 11.5 Å². The van der Waals surface area contributed by atoms with Crippen LogP contribution in [0.15, 0.2) is 6.07 Å². The summed E-state index contributed by atoms with van der Waals surface area (Å²) in [6.45, 7) is 3.06. The summed E-state index contributed by atoms with van der Waals surface area (Å²) in [5.74, 6) is 0.494. The quantitative estimate of drug-likeness (QED) is 0.886. The maximum atomic E-state index is 9.78. The molecule has 0 spiro atoms. The number of aryl methyl sites for hydroxylation is 1. The molecule has 0 aliphatic carbocycles. The third-order valence-corrected chi connectivity index (χ3v) is 3.99. The molecule has 3 nitrogen and oxygen atoms in total. The number of benzene rings is 1. The summed E-state index contributed by atoms with van der Waals surface area (Å²) in [4.78, 5) is 0. The lowest BCUT2D eigenvalue weighted by atomic mass is 9.95. The molecule has 1 saturated heterocycles. The van der Waals surface area contributed by atoms with Crippen molar-refractivity contribution in [2.45, 2.75) is 38.6 Å². The van der Waals surface area contributed by atoms with Crippen LogP contribution in [0.25, 0.3) is 0 Å². The van der Waals surface area contributed by atoms with Crippen LogP contribution in [0.4, 0.5) is 0 Å². The molecule has 0 bridgehead atoms. The highest BCUT2D eigenvalue weighted by Crippen LogP contribution is 2.39. The van der Waals surface area contributed by atoms with Crippen molar-refractivity contribution in [1.29, 1.82) is 0 Å². The third-order valence-electron chi connectivity index (χ3n) is 3.59. The fraction of sp³-hybridized carbons (Fsp3) is 0.571. The minimum absolute atomic E-state index is 0.111. The molecule has 100 valence electrons. The third kappa shape index (κ3) is 2.73. The molecule has 1 unspecified atom stereocenters. The number of nitrogens with one attached hydrogen (secondary N) is 1. The Labute approximate surface area is 113 Å². The molecule has 1 aromatic rings. The summed E-state index contributed by atoms with van der Waals surface area (Å²) < 4.78 is 5.16. The topological polar surface area (TPSA) is 41.5 Å². The summed E-state index contributed by atoms with van der Waals surface area (Å²) in [6, 6.07) is 2.20. The normalized spacial score (nSPS) is 19.8. The van der Waals surface area contributed by atoms with Crippen LogP contribution in [0.2, 0.25) is 5.02 Å². The van der Waals surface area contributed by atoms with Crippen LogP contribution < -0.4 is 10.1 Å². The Balaban J connectivity index is 2.26. The van der Waals surface area contributed by atoms with Crippen molar-refractivity contribution in [3.8, 4) is 11.5 Å². The molecule has 1 aromatic carbocycles. The monoisotopic (exact) mass is 269 g/mol. The van der Waals surface area contributed by atoms with Gasteiger partial charge in [0.15, 0.2) is 11.5 Å². The first kappa shape index (κ1) is 13.5. The minimum atomic E-state index is 0.111. The Kier molecular flexibility index (Phi) is 4.36.